The largest absolute Gasteiger partial charge is 0.339 e. The molecule has 1 aliphatic heterocycles. The maximum atomic E-state index is 12.5. The normalized spacial score (nSPS) is 15.7. The van der Waals surface area contributed by atoms with Gasteiger partial charge in [-0.25, -0.2) is 0 Å². The fourth-order valence-corrected chi connectivity index (χ4v) is 2.52. The van der Waals surface area contributed by atoms with Crippen LogP contribution in [-0.4, -0.2) is 37.0 Å². The van der Waals surface area contributed by atoms with Crippen molar-refractivity contribution in [2.24, 2.45) is 0 Å². The van der Waals surface area contributed by atoms with Crippen molar-refractivity contribution in [1.82, 2.24) is 10.2 Å². The number of halogens is 1. The van der Waals surface area contributed by atoms with Gasteiger partial charge in [0.2, 0.25) is 0 Å². The lowest BCUT2D eigenvalue weighted by atomic mass is 10.0. The van der Waals surface area contributed by atoms with Gasteiger partial charge in [0.1, 0.15) is 0 Å². The van der Waals surface area contributed by atoms with E-state index in [2.05, 4.69) is 11.4 Å². The summed E-state index contributed by atoms with van der Waals surface area (Å²) in [5, 5.41) is 3.33. The highest BCUT2D eigenvalue weighted by Gasteiger charge is 2.23. The minimum atomic E-state index is 0. The second-order valence-corrected chi connectivity index (χ2v) is 5.22. The van der Waals surface area contributed by atoms with Gasteiger partial charge in [-0.1, -0.05) is 17.7 Å². The fraction of sp³-hybridized carbons (Fsp3) is 0.533. The number of piperidine rings is 1. The van der Waals surface area contributed by atoms with Crippen LogP contribution in [0.1, 0.15) is 34.3 Å². The number of hydrogen-bond donors (Lipinski definition) is 1. The second-order valence-electron chi connectivity index (χ2n) is 5.22. The van der Waals surface area contributed by atoms with E-state index < -0.39 is 0 Å². The van der Waals surface area contributed by atoms with Crippen LogP contribution >= 0.6 is 12.4 Å². The van der Waals surface area contributed by atoms with Crippen molar-refractivity contribution in [1.29, 1.82) is 0 Å². The topological polar surface area (TPSA) is 32.3 Å². The molecule has 0 unspecified atom stereocenters. The summed E-state index contributed by atoms with van der Waals surface area (Å²) in [5.41, 5.74) is 3.05. The first-order valence-electron chi connectivity index (χ1n) is 6.64. The number of amides is 1. The van der Waals surface area contributed by atoms with Crippen LogP contribution in [0.4, 0.5) is 0 Å². The molecule has 0 aromatic heterocycles. The average Bonchev–Trinajstić information content (AvgIpc) is 2.41. The zero-order valence-corrected chi connectivity index (χ0v) is 12.7. The highest BCUT2D eigenvalue weighted by atomic mass is 35.5. The van der Waals surface area contributed by atoms with E-state index in [0.29, 0.717) is 6.04 Å². The molecule has 3 nitrogen and oxygen atoms in total. The molecular weight excluding hydrogens is 260 g/mol. The molecule has 1 saturated heterocycles. The Morgan fingerprint density at radius 1 is 1.26 bits per heavy atom. The number of aryl methyl sites for hydroxylation is 2. The van der Waals surface area contributed by atoms with Crippen molar-refractivity contribution in [3.05, 3.63) is 34.9 Å². The van der Waals surface area contributed by atoms with Crippen molar-refractivity contribution in [3.63, 3.8) is 0 Å². The molecule has 1 aromatic carbocycles. The third-order valence-corrected chi connectivity index (χ3v) is 3.80. The van der Waals surface area contributed by atoms with E-state index in [4.69, 9.17) is 0 Å². The van der Waals surface area contributed by atoms with Gasteiger partial charge >= 0.3 is 0 Å². The Morgan fingerprint density at radius 3 is 2.53 bits per heavy atom. The molecule has 1 amide bonds. The Hall–Kier alpha value is -1.06. The zero-order valence-electron chi connectivity index (χ0n) is 11.9. The van der Waals surface area contributed by atoms with Crippen LogP contribution in [0.25, 0.3) is 0 Å². The predicted molar refractivity (Wildman–Crippen MR) is 81.1 cm³/mol. The number of nitrogens with zero attached hydrogens (tertiary/aromatic N) is 1. The summed E-state index contributed by atoms with van der Waals surface area (Å²) < 4.78 is 0. The molecular formula is C15H23ClN2O. The number of carbonyl (C=O) groups is 1. The summed E-state index contributed by atoms with van der Waals surface area (Å²) in [6, 6.07) is 6.45. The van der Waals surface area contributed by atoms with E-state index in [9.17, 15) is 4.79 Å². The minimum Gasteiger partial charge on any atom is -0.339 e. The second kappa shape index (κ2) is 6.92. The summed E-state index contributed by atoms with van der Waals surface area (Å²) in [7, 11) is 1.93. The average molecular weight is 283 g/mol. The molecule has 0 bridgehead atoms. The molecule has 1 fully saturated rings. The molecule has 4 heteroatoms. The highest BCUT2D eigenvalue weighted by molar-refractivity contribution is 5.95. The number of rotatable bonds is 2. The molecule has 106 valence electrons. The van der Waals surface area contributed by atoms with Crippen molar-refractivity contribution in [3.8, 4) is 0 Å². The Balaban J connectivity index is 0.00000180. The Bertz CT molecular complexity index is 442. The van der Waals surface area contributed by atoms with Crippen LogP contribution in [0.3, 0.4) is 0 Å². The maximum absolute atomic E-state index is 12.5. The molecule has 19 heavy (non-hydrogen) atoms. The lowest BCUT2D eigenvalue weighted by molar-refractivity contribution is 0.0702. The summed E-state index contributed by atoms with van der Waals surface area (Å²) in [6.07, 6.45) is 2.10. The molecule has 1 aromatic rings. The predicted octanol–water partition coefficient (Wildman–Crippen LogP) is 2.55. The lowest BCUT2D eigenvalue weighted by Crippen LogP contribution is -2.44. The van der Waals surface area contributed by atoms with Gasteiger partial charge in [-0.3, -0.25) is 4.79 Å². The molecule has 1 aliphatic rings. The van der Waals surface area contributed by atoms with Gasteiger partial charge in [0.05, 0.1) is 0 Å². The molecule has 0 aliphatic carbocycles. The zero-order chi connectivity index (χ0) is 13.1. The first kappa shape index (κ1) is 16.0. The third-order valence-electron chi connectivity index (χ3n) is 3.80. The molecule has 0 saturated carbocycles. The standard InChI is InChI=1S/C15H22N2O.ClH/c1-11-4-5-12(2)14(10-11)15(18)17(3)13-6-8-16-9-7-13;/h4-5,10,13,16H,6-9H2,1-3H3;1H. The highest BCUT2D eigenvalue weighted by Crippen LogP contribution is 2.17. The summed E-state index contributed by atoms with van der Waals surface area (Å²) in [6.45, 7) is 6.05. The van der Waals surface area contributed by atoms with E-state index >= 15 is 0 Å². The number of carbonyl (C=O) groups excluding carboxylic acids is 1. The fourth-order valence-electron chi connectivity index (χ4n) is 2.52. The van der Waals surface area contributed by atoms with Crippen molar-refractivity contribution in [2.45, 2.75) is 32.7 Å². The van der Waals surface area contributed by atoms with Crippen LogP contribution in [0, 0.1) is 13.8 Å². The molecule has 2 rings (SSSR count). The Morgan fingerprint density at radius 2 is 1.89 bits per heavy atom. The van der Waals surface area contributed by atoms with Gasteiger partial charge in [-0.15, -0.1) is 12.4 Å². The van der Waals surface area contributed by atoms with Crippen LogP contribution < -0.4 is 5.32 Å². The molecule has 1 N–H and O–H groups in total. The van der Waals surface area contributed by atoms with Gasteiger partial charge in [-0.2, -0.15) is 0 Å². The SMILES string of the molecule is Cc1ccc(C)c(C(=O)N(C)C2CCNCC2)c1.Cl. The van der Waals surface area contributed by atoms with Gasteiger partial charge in [-0.05, 0) is 51.4 Å². The minimum absolute atomic E-state index is 0. The van der Waals surface area contributed by atoms with Crippen molar-refractivity contribution < 1.29 is 4.79 Å². The Kier molecular flexibility index (Phi) is 5.83. The van der Waals surface area contributed by atoms with Crippen molar-refractivity contribution in [2.75, 3.05) is 20.1 Å². The lowest BCUT2D eigenvalue weighted by Gasteiger charge is -2.32. The summed E-state index contributed by atoms with van der Waals surface area (Å²) in [5.74, 6) is 0.156. The van der Waals surface area contributed by atoms with Crippen LogP contribution in [0.2, 0.25) is 0 Å². The third kappa shape index (κ3) is 3.71. The van der Waals surface area contributed by atoms with Crippen molar-refractivity contribution >= 4 is 18.3 Å². The molecule has 0 atom stereocenters. The quantitative estimate of drug-likeness (QED) is 0.904. The van der Waals surface area contributed by atoms with E-state index in [-0.39, 0.29) is 18.3 Å². The molecule has 1 heterocycles. The van der Waals surface area contributed by atoms with E-state index in [1.807, 2.05) is 37.9 Å². The van der Waals surface area contributed by atoms with Crippen LogP contribution in [0.15, 0.2) is 18.2 Å². The van der Waals surface area contributed by atoms with E-state index in [1.165, 1.54) is 0 Å². The van der Waals surface area contributed by atoms with E-state index in [0.717, 1.165) is 42.6 Å². The summed E-state index contributed by atoms with van der Waals surface area (Å²) in [4.78, 5) is 14.4. The smallest absolute Gasteiger partial charge is 0.254 e. The van der Waals surface area contributed by atoms with Gasteiger partial charge in [0.15, 0.2) is 0 Å². The first-order chi connectivity index (χ1) is 8.59. The molecule has 0 spiro atoms. The number of hydrogen-bond acceptors (Lipinski definition) is 2. The number of benzene rings is 1. The molecule has 0 radical (unpaired) electrons. The Labute approximate surface area is 121 Å². The summed E-state index contributed by atoms with van der Waals surface area (Å²) >= 11 is 0. The van der Waals surface area contributed by atoms with Gasteiger partial charge < -0.3 is 10.2 Å². The van der Waals surface area contributed by atoms with Gasteiger partial charge in [0, 0.05) is 18.7 Å². The van der Waals surface area contributed by atoms with Gasteiger partial charge in [0.25, 0.3) is 5.91 Å². The van der Waals surface area contributed by atoms with E-state index in [1.54, 1.807) is 0 Å². The first-order valence-corrected chi connectivity index (χ1v) is 6.64. The maximum Gasteiger partial charge on any atom is 0.254 e. The monoisotopic (exact) mass is 282 g/mol. The van der Waals surface area contributed by atoms with Crippen LogP contribution in [0.5, 0.6) is 0 Å². The number of nitrogens with one attached hydrogen (secondary N) is 1. The van der Waals surface area contributed by atoms with Crippen LogP contribution in [-0.2, 0) is 0 Å².